The molecule has 1 atom stereocenters. The summed E-state index contributed by atoms with van der Waals surface area (Å²) in [6.07, 6.45) is 8.02. The van der Waals surface area contributed by atoms with Crippen LogP contribution in [-0.4, -0.2) is 44.7 Å². The highest BCUT2D eigenvalue weighted by molar-refractivity contribution is 14.0. The smallest absolute Gasteiger partial charge is 0.222 e. The summed E-state index contributed by atoms with van der Waals surface area (Å²) in [5.74, 6) is -0.468. The Bertz CT molecular complexity index is 622. The first-order chi connectivity index (χ1) is 13.6. The molecule has 1 aliphatic carbocycles. The van der Waals surface area contributed by atoms with E-state index in [9.17, 15) is 9.18 Å². The highest BCUT2D eigenvalue weighted by Gasteiger charge is 2.17. The second-order valence-electron chi connectivity index (χ2n) is 7.29. The number of guanidine groups is 1. The minimum absolute atomic E-state index is 0. The molecule has 1 aliphatic rings. The van der Waals surface area contributed by atoms with Crippen molar-refractivity contribution in [2.45, 2.75) is 51.0 Å². The summed E-state index contributed by atoms with van der Waals surface area (Å²) in [4.78, 5) is 15.9. The molecule has 1 saturated carbocycles. The van der Waals surface area contributed by atoms with Gasteiger partial charge in [0, 0.05) is 26.7 Å². The summed E-state index contributed by atoms with van der Waals surface area (Å²) in [6, 6.07) is 6.11. The number of hydrogen-bond acceptors (Lipinski definition) is 3. The van der Waals surface area contributed by atoms with Gasteiger partial charge in [0.15, 0.2) is 5.96 Å². The second-order valence-corrected chi connectivity index (χ2v) is 7.29. The van der Waals surface area contributed by atoms with Crippen LogP contribution in [0.4, 0.5) is 4.39 Å². The normalized spacial score (nSPS) is 16.0. The first kappa shape index (κ1) is 25.6. The van der Waals surface area contributed by atoms with E-state index in [-0.39, 0.29) is 29.8 Å². The number of ether oxygens (including phenoxy) is 1. The van der Waals surface area contributed by atoms with Crippen LogP contribution in [0.2, 0.25) is 0 Å². The topological polar surface area (TPSA) is 88.7 Å². The fourth-order valence-electron chi connectivity index (χ4n) is 3.38. The quantitative estimate of drug-likeness (QED) is 0.192. The van der Waals surface area contributed by atoms with E-state index in [1.165, 1.54) is 44.2 Å². The molecule has 6 nitrogen and oxygen atoms in total. The average Bonchev–Trinajstić information content (AvgIpc) is 2.71. The number of aliphatic imine (C=N–C) groups is 1. The Kier molecular flexibility index (Phi) is 12.8. The molecule has 1 aromatic rings. The predicted molar refractivity (Wildman–Crippen MR) is 125 cm³/mol. The van der Waals surface area contributed by atoms with E-state index in [1.807, 2.05) is 0 Å². The van der Waals surface area contributed by atoms with Crippen molar-refractivity contribution in [2.75, 3.05) is 26.7 Å². The number of rotatable bonds is 10. The molecule has 1 fully saturated rings. The monoisotopic (exact) mass is 520 g/mol. The summed E-state index contributed by atoms with van der Waals surface area (Å²) in [7, 11) is 1.69. The van der Waals surface area contributed by atoms with Crippen LogP contribution < -0.4 is 16.4 Å². The molecule has 2 rings (SSSR count). The van der Waals surface area contributed by atoms with Crippen molar-refractivity contribution in [1.82, 2.24) is 10.6 Å². The fraction of sp³-hybridized carbons (Fsp3) is 0.619. The molecule has 1 aromatic carbocycles. The van der Waals surface area contributed by atoms with E-state index in [0.717, 1.165) is 25.1 Å². The lowest BCUT2D eigenvalue weighted by molar-refractivity contribution is -0.121. The summed E-state index contributed by atoms with van der Waals surface area (Å²) < 4.78 is 18.9. The van der Waals surface area contributed by atoms with Crippen molar-refractivity contribution < 1.29 is 13.9 Å². The Hall–Kier alpha value is -1.42. The zero-order valence-corrected chi connectivity index (χ0v) is 19.5. The number of carbonyl (C=O) groups is 1. The molecule has 0 aromatic heterocycles. The van der Waals surface area contributed by atoms with E-state index >= 15 is 0 Å². The van der Waals surface area contributed by atoms with Gasteiger partial charge in [0.1, 0.15) is 5.82 Å². The number of amides is 1. The lowest BCUT2D eigenvalue weighted by Crippen LogP contribution is -2.43. The molecule has 0 bridgehead atoms. The average molecular weight is 520 g/mol. The summed E-state index contributed by atoms with van der Waals surface area (Å²) >= 11 is 0. The largest absolute Gasteiger partial charge is 0.378 e. The summed E-state index contributed by atoms with van der Waals surface area (Å²) in [5, 5.41) is 6.38. The van der Waals surface area contributed by atoms with E-state index in [0.29, 0.717) is 25.0 Å². The summed E-state index contributed by atoms with van der Waals surface area (Å²) in [6.45, 7) is 1.85. The maximum Gasteiger partial charge on any atom is 0.222 e. The Balaban J connectivity index is 0.00000420. The van der Waals surface area contributed by atoms with E-state index in [2.05, 4.69) is 15.6 Å². The molecule has 29 heavy (non-hydrogen) atoms. The van der Waals surface area contributed by atoms with Crippen molar-refractivity contribution in [3.05, 3.63) is 35.6 Å². The first-order valence-corrected chi connectivity index (χ1v) is 10.2. The van der Waals surface area contributed by atoms with Crippen LogP contribution in [0.3, 0.4) is 0 Å². The Morgan fingerprint density at radius 2 is 1.93 bits per heavy atom. The molecule has 164 valence electrons. The second kappa shape index (κ2) is 14.5. The van der Waals surface area contributed by atoms with Crippen LogP contribution in [-0.2, 0) is 16.0 Å². The Morgan fingerprint density at radius 3 is 2.55 bits per heavy atom. The Morgan fingerprint density at radius 1 is 1.24 bits per heavy atom. The number of carbonyl (C=O) groups excluding carboxylic acids is 1. The van der Waals surface area contributed by atoms with Crippen LogP contribution in [0, 0.1) is 11.7 Å². The van der Waals surface area contributed by atoms with Gasteiger partial charge in [0.25, 0.3) is 0 Å². The molecular weight excluding hydrogens is 486 g/mol. The minimum atomic E-state index is -0.404. The van der Waals surface area contributed by atoms with Gasteiger partial charge in [-0.15, -0.1) is 24.0 Å². The third kappa shape index (κ3) is 10.3. The van der Waals surface area contributed by atoms with Crippen molar-refractivity contribution in [1.29, 1.82) is 0 Å². The molecular formula is C21H34FIN4O2. The first-order valence-electron chi connectivity index (χ1n) is 10.2. The lowest BCUT2D eigenvalue weighted by Gasteiger charge is -2.22. The van der Waals surface area contributed by atoms with E-state index < -0.39 is 11.8 Å². The number of hydrogen-bond donors (Lipinski definition) is 3. The number of nitrogens with zero attached hydrogens (tertiary/aromatic N) is 1. The lowest BCUT2D eigenvalue weighted by atomic mass is 9.98. The van der Waals surface area contributed by atoms with Crippen molar-refractivity contribution >= 4 is 35.8 Å². The zero-order chi connectivity index (χ0) is 20.2. The minimum Gasteiger partial charge on any atom is -0.378 e. The van der Waals surface area contributed by atoms with E-state index in [1.54, 1.807) is 19.2 Å². The number of benzene rings is 1. The zero-order valence-electron chi connectivity index (χ0n) is 17.2. The summed E-state index contributed by atoms with van der Waals surface area (Å²) in [5.41, 5.74) is 6.39. The van der Waals surface area contributed by atoms with Crippen molar-refractivity contribution in [2.24, 2.45) is 16.6 Å². The van der Waals surface area contributed by atoms with Gasteiger partial charge in [-0.2, -0.15) is 0 Å². The predicted octanol–water partition coefficient (Wildman–Crippen LogP) is 2.99. The van der Waals surface area contributed by atoms with Crippen LogP contribution in [0.5, 0.6) is 0 Å². The third-order valence-corrected chi connectivity index (χ3v) is 5.06. The SMILES string of the molecule is CN=C(NCCCOC1CCCCC1)NCC(Cc1ccc(F)cc1)C(N)=O.I. The molecule has 0 heterocycles. The third-order valence-electron chi connectivity index (χ3n) is 5.06. The maximum atomic E-state index is 13.0. The standard InChI is InChI=1S/C21H33FN4O2.HI/c1-24-21(25-12-5-13-28-19-6-3-2-4-7-19)26-15-17(20(23)27)14-16-8-10-18(22)11-9-16;/h8-11,17,19H,2-7,12-15H2,1H3,(H2,23,27)(H2,24,25,26);1H. The number of nitrogens with two attached hydrogens (primary N) is 1. The number of halogens is 2. The molecule has 0 saturated heterocycles. The number of primary amides is 1. The van der Waals surface area contributed by atoms with Gasteiger partial charge in [0.2, 0.25) is 5.91 Å². The number of nitrogens with one attached hydrogen (secondary N) is 2. The molecule has 4 N–H and O–H groups in total. The molecule has 1 amide bonds. The molecule has 0 aliphatic heterocycles. The van der Waals surface area contributed by atoms with Gasteiger partial charge in [-0.25, -0.2) is 4.39 Å². The van der Waals surface area contributed by atoms with Crippen LogP contribution in [0.15, 0.2) is 29.3 Å². The van der Waals surface area contributed by atoms with Gasteiger partial charge < -0.3 is 21.1 Å². The van der Waals surface area contributed by atoms with E-state index in [4.69, 9.17) is 10.5 Å². The van der Waals surface area contributed by atoms with Gasteiger partial charge in [-0.1, -0.05) is 31.4 Å². The Labute approximate surface area is 190 Å². The molecule has 1 unspecified atom stereocenters. The molecule has 0 radical (unpaired) electrons. The van der Waals surface area contributed by atoms with Crippen LogP contribution in [0.1, 0.15) is 44.1 Å². The molecule has 0 spiro atoms. The van der Waals surface area contributed by atoms with Gasteiger partial charge >= 0.3 is 0 Å². The van der Waals surface area contributed by atoms with Crippen LogP contribution in [0.25, 0.3) is 0 Å². The van der Waals surface area contributed by atoms with Crippen LogP contribution >= 0.6 is 24.0 Å². The van der Waals surface area contributed by atoms with Crippen molar-refractivity contribution in [3.8, 4) is 0 Å². The highest BCUT2D eigenvalue weighted by atomic mass is 127. The maximum absolute atomic E-state index is 13.0. The van der Waals surface area contributed by atoms with Gasteiger partial charge in [0.05, 0.1) is 12.0 Å². The molecule has 8 heteroatoms. The van der Waals surface area contributed by atoms with Crippen molar-refractivity contribution in [3.63, 3.8) is 0 Å². The van der Waals surface area contributed by atoms with Gasteiger partial charge in [-0.05, 0) is 43.4 Å². The fourth-order valence-corrected chi connectivity index (χ4v) is 3.38. The van der Waals surface area contributed by atoms with Gasteiger partial charge in [-0.3, -0.25) is 9.79 Å². The highest BCUT2D eigenvalue weighted by Crippen LogP contribution is 2.20.